The molecule has 2 aromatic rings. The first-order chi connectivity index (χ1) is 11.8. The summed E-state index contributed by atoms with van der Waals surface area (Å²) >= 11 is 0. The van der Waals surface area contributed by atoms with E-state index in [1.165, 1.54) is 0 Å². The second-order valence-corrected chi connectivity index (χ2v) is 6.90. The van der Waals surface area contributed by atoms with Gasteiger partial charge in [0.15, 0.2) is 0 Å². The highest BCUT2D eigenvalue weighted by Crippen LogP contribution is 2.24. The van der Waals surface area contributed by atoms with E-state index in [4.69, 9.17) is 4.74 Å². The highest BCUT2D eigenvalue weighted by atomic mass is 16.6. The molecule has 0 fully saturated rings. The first-order valence-electron chi connectivity index (χ1n) is 8.26. The molecule has 0 heterocycles. The molecule has 25 heavy (non-hydrogen) atoms. The van der Waals surface area contributed by atoms with Crippen LogP contribution in [0.2, 0.25) is 0 Å². The van der Waals surface area contributed by atoms with Crippen molar-refractivity contribution in [3.63, 3.8) is 0 Å². The molecule has 0 saturated carbocycles. The second kappa shape index (κ2) is 8.03. The number of carbonyl (C=O) groups is 1. The van der Waals surface area contributed by atoms with E-state index in [1.54, 1.807) is 32.9 Å². The van der Waals surface area contributed by atoms with Gasteiger partial charge in [0.25, 0.3) is 0 Å². The third kappa shape index (κ3) is 5.80. The van der Waals surface area contributed by atoms with Gasteiger partial charge in [-0.15, -0.1) is 0 Å². The SMILES string of the molecule is CC(C)(C)OC(=O)NCC(O)c1ccccc1Cc1ccccc1O. The van der Waals surface area contributed by atoms with Crippen LogP contribution in [-0.2, 0) is 11.2 Å². The maximum atomic E-state index is 11.7. The van der Waals surface area contributed by atoms with E-state index in [9.17, 15) is 15.0 Å². The molecule has 2 rings (SSSR count). The molecule has 5 heteroatoms. The zero-order chi connectivity index (χ0) is 18.4. The lowest BCUT2D eigenvalue weighted by Crippen LogP contribution is -2.35. The molecule has 0 bridgehead atoms. The Morgan fingerprint density at radius 1 is 1.08 bits per heavy atom. The Bertz CT molecular complexity index is 722. The van der Waals surface area contributed by atoms with Crippen molar-refractivity contribution in [1.82, 2.24) is 5.32 Å². The maximum Gasteiger partial charge on any atom is 0.407 e. The lowest BCUT2D eigenvalue weighted by atomic mass is 9.96. The van der Waals surface area contributed by atoms with Crippen LogP contribution in [0.1, 0.15) is 43.6 Å². The molecule has 0 aliphatic rings. The van der Waals surface area contributed by atoms with Crippen LogP contribution in [0.4, 0.5) is 4.79 Å². The number of phenols is 1. The summed E-state index contributed by atoms with van der Waals surface area (Å²) in [6.45, 7) is 5.40. The molecule has 0 aliphatic heterocycles. The van der Waals surface area contributed by atoms with Crippen LogP contribution >= 0.6 is 0 Å². The van der Waals surface area contributed by atoms with Gasteiger partial charge in [-0.3, -0.25) is 0 Å². The van der Waals surface area contributed by atoms with E-state index in [0.717, 1.165) is 11.1 Å². The van der Waals surface area contributed by atoms with E-state index in [2.05, 4.69) is 5.32 Å². The molecule has 134 valence electrons. The first kappa shape index (κ1) is 18.8. The minimum absolute atomic E-state index is 0.0483. The highest BCUT2D eigenvalue weighted by molar-refractivity contribution is 5.67. The van der Waals surface area contributed by atoms with Crippen molar-refractivity contribution in [3.05, 3.63) is 65.2 Å². The van der Waals surface area contributed by atoms with E-state index < -0.39 is 17.8 Å². The van der Waals surface area contributed by atoms with Crippen LogP contribution < -0.4 is 5.32 Å². The van der Waals surface area contributed by atoms with Crippen molar-refractivity contribution >= 4 is 6.09 Å². The number of para-hydroxylation sites is 1. The molecule has 1 atom stereocenters. The molecule has 1 amide bonds. The number of amides is 1. The summed E-state index contributed by atoms with van der Waals surface area (Å²) < 4.78 is 5.17. The Balaban J connectivity index is 2.06. The minimum atomic E-state index is -0.866. The molecule has 1 unspecified atom stereocenters. The zero-order valence-electron chi connectivity index (χ0n) is 14.8. The Labute approximate surface area is 148 Å². The Morgan fingerprint density at radius 2 is 1.68 bits per heavy atom. The number of carbonyl (C=O) groups excluding carboxylic acids is 1. The summed E-state index contributed by atoms with van der Waals surface area (Å²) in [6.07, 6.45) is -0.939. The standard InChI is InChI=1S/C20H25NO4/c1-20(2,3)25-19(24)21-13-18(23)16-10-6-4-8-14(16)12-15-9-5-7-11-17(15)22/h4-11,18,22-23H,12-13H2,1-3H3,(H,21,24). The predicted molar refractivity (Wildman–Crippen MR) is 96.6 cm³/mol. The van der Waals surface area contributed by atoms with Crippen molar-refractivity contribution in [3.8, 4) is 5.75 Å². The summed E-state index contributed by atoms with van der Waals surface area (Å²) in [5.74, 6) is 0.221. The number of hydrogen-bond donors (Lipinski definition) is 3. The molecule has 3 N–H and O–H groups in total. The van der Waals surface area contributed by atoms with Crippen LogP contribution in [0.15, 0.2) is 48.5 Å². The predicted octanol–water partition coefficient (Wildman–Crippen LogP) is 3.54. The van der Waals surface area contributed by atoms with Gasteiger partial charge in [-0.2, -0.15) is 0 Å². The van der Waals surface area contributed by atoms with Crippen LogP contribution in [0.5, 0.6) is 5.75 Å². The van der Waals surface area contributed by atoms with E-state index >= 15 is 0 Å². The van der Waals surface area contributed by atoms with Crippen LogP contribution in [0.3, 0.4) is 0 Å². The monoisotopic (exact) mass is 343 g/mol. The van der Waals surface area contributed by atoms with Crippen molar-refractivity contribution in [2.45, 2.75) is 38.9 Å². The molecular weight excluding hydrogens is 318 g/mol. The lowest BCUT2D eigenvalue weighted by molar-refractivity contribution is 0.0491. The largest absolute Gasteiger partial charge is 0.508 e. The molecule has 0 aliphatic carbocycles. The number of phenolic OH excluding ortho intramolecular Hbond substituents is 1. The van der Waals surface area contributed by atoms with Crippen molar-refractivity contribution in [1.29, 1.82) is 0 Å². The van der Waals surface area contributed by atoms with Crippen molar-refractivity contribution < 1.29 is 19.7 Å². The molecule has 2 aromatic carbocycles. The molecule has 0 spiro atoms. The number of nitrogens with one attached hydrogen (secondary N) is 1. The van der Waals surface area contributed by atoms with Crippen molar-refractivity contribution in [2.24, 2.45) is 0 Å². The fraction of sp³-hybridized carbons (Fsp3) is 0.350. The number of rotatable bonds is 5. The molecule has 5 nitrogen and oxygen atoms in total. The van der Waals surface area contributed by atoms with E-state index in [-0.39, 0.29) is 12.3 Å². The summed E-state index contributed by atoms with van der Waals surface area (Å²) in [7, 11) is 0. The number of benzene rings is 2. The van der Waals surface area contributed by atoms with Gasteiger partial charge >= 0.3 is 6.09 Å². The van der Waals surface area contributed by atoms with E-state index in [1.807, 2.05) is 36.4 Å². The summed E-state index contributed by atoms with van der Waals surface area (Å²) in [6, 6.07) is 14.5. The summed E-state index contributed by atoms with van der Waals surface area (Å²) in [5.41, 5.74) is 1.80. The molecule has 0 saturated heterocycles. The summed E-state index contributed by atoms with van der Waals surface area (Å²) in [4.78, 5) is 11.7. The highest BCUT2D eigenvalue weighted by Gasteiger charge is 2.18. The normalized spacial score (nSPS) is 12.5. The van der Waals surface area contributed by atoms with Crippen LogP contribution in [-0.4, -0.2) is 28.5 Å². The average molecular weight is 343 g/mol. The Hall–Kier alpha value is -2.53. The van der Waals surface area contributed by atoms with Crippen LogP contribution in [0.25, 0.3) is 0 Å². The van der Waals surface area contributed by atoms with Gasteiger partial charge in [-0.1, -0.05) is 42.5 Å². The third-order valence-electron chi connectivity index (χ3n) is 3.63. The number of aliphatic hydroxyl groups is 1. The Kier molecular flexibility index (Phi) is 6.04. The first-order valence-corrected chi connectivity index (χ1v) is 8.26. The number of ether oxygens (including phenoxy) is 1. The minimum Gasteiger partial charge on any atom is -0.508 e. The second-order valence-electron chi connectivity index (χ2n) is 6.90. The fourth-order valence-corrected chi connectivity index (χ4v) is 2.49. The van der Waals surface area contributed by atoms with E-state index in [0.29, 0.717) is 12.0 Å². The van der Waals surface area contributed by atoms with Crippen molar-refractivity contribution in [2.75, 3.05) is 6.54 Å². The van der Waals surface area contributed by atoms with Crippen LogP contribution in [0, 0.1) is 0 Å². The molecular formula is C20H25NO4. The number of hydrogen-bond acceptors (Lipinski definition) is 4. The quantitative estimate of drug-likeness (QED) is 0.776. The van der Waals surface area contributed by atoms with Gasteiger partial charge in [0.05, 0.1) is 12.6 Å². The molecule has 0 aromatic heterocycles. The van der Waals surface area contributed by atoms with Gasteiger partial charge in [0.2, 0.25) is 0 Å². The zero-order valence-corrected chi connectivity index (χ0v) is 14.8. The maximum absolute atomic E-state index is 11.7. The number of alkyl carbamates (subject to hydrolysis) is 1. The molecule has 0 radical (unpaired) electrons. The third-order valence-corrected chi connectivity index (χ3v) is 3.63. The van der Waals surface area contributed by atoms with Gasteiger partial charge in [-0.25, -0.2) is 4.79 Å². The van der Waals surface area contributed by atoms with Gasteiger partial charge in [0, 0.05) is 6.42 Å². The topological polar surface area (TPSA) is 78.8 Å². The smallest absolute Gasteiger partial charge is 0.407 e. The van der Waals surface area contributed by atoms with Gasteiger partial charge in [0.1, 0.15) is 11.4 Å². The summed E-state index contributed by atoms with van der Waals surface area (Å²) in [5, 5.41) is 23.0. The Morgan fingerprint density at radius 3 is 2.32 bits per heavy atom. The van der Waals surface area contributed by atoms with Gasteiger partial charge in [-0.05, 0) is 43.5 Å². The number of aromatic hydroxyl groups is 1. The fourth-order valence-electron chi connectivity index (χ4n) is 2.49. The lowest BCUT2D eigenvalue weighted by Gasteiger charge is -2.21. The van der Waals surface area contributed by atoms with Gasteiger partial charge < -0.3 is 20.3 Å². The number of aliphatic hydroxyl groups excluding tert-OH is 1. The average Bonchev–Trinajstić information content (AvgIpc) is 2.54.